The molecule has 0 radical (unpaired) electrons. The molecule has 0 aromatic carbocycles. The first-order chi connectivity index (χ1) is 8.31. The monoisotopic (exact) mass is 232 g/mol. The van der Waals surface area contributed by atoms with E-state index in [4.69, 9.17) is 4.74 Å². The molecular weight excluding hydrogens is 212 g/mol. The summed E-state index contributed by atoms with van der Waals surface area (Å²) in [6, 6.07) is 4.89. The first-order valence-electron chi connectivity index (χ1n) is 6.28. The molecule has 1 heterocycles. The molecule has 1 aromatic rings. The maximum atomic E-state index is 5.50. The summed E-state index contributed by atoms with van der Waals surface area (Å²) in [5, 5.41) is 3.50. The van der Waals surface area contributed by atoms with Crippen molar-refractivity contribution < 1.29 is 4.74 Å². The van der Waals surface area contributed by atoms with Crippen LogP contribution in [0, 0.1) is 0 Å². The summed E-state index contributed by atoms with van der Waals surface area (Å²) in [4.78, 5) is 4.43. The lowest BCUT2D eigenvalue weighted by Gasteiger charge is -2.09. The smallest absolute Gasteiger partial charge is 0.214 e. The van der Waals surface area contributed by atoms with Gasteiger partial charge in [-0.05, 0) is 30.9 Å². The van der Waals surface area contributed by atoms with Crippen LogP contribution >= 0.6 is 0 Å². The minimum Gasteiger partial charge on any atom is -0.473 e. The number of nitrogens with zero attached hydrogens (tertiary/aromatic N) is 1. The molecule has 0 saturated heterocycles. The highest BCUT2D eigenvalue weighted by Gasteiger charge is 2.20. The first-order valence-corrected chi connectivity index (χ1v) is 6.28. The number of aromatic nitrogens is 1. The molecule has 1 fully saturated rings. The van der Waals surface area contributed by atoms with Gasteiger partial charge in [0, 0.05) is 24.3 Å². The normalized spacial score (nSPS) is 14.6. The minimum absolute atomic E-state index is 0.510. The number of hydrogen-bond donors (Lipinski definition) is 1. The number of rotatable bonds is 7. The van der Waals surface area contributed by atoms with Crippen molar-refractivity contribution in [3.63, 3.8) is 0 Å². The lowest BCUT2D eigenvalue weighted by Crippen LogP contribution is -2.15. The SMILES string of the molecule is C=CCOc1cc(CNC2CC2)cc(CC)n1. The first kappa shape index (κ1) is 12.1. The Bertz CT molecular complexity index is 386. The zero-order chi connectivity index (χ0) is 12.1. The standard InChI is InChI=1S/C14H20N2O/c1-3-7-17-14-9-11(8-12(4-2)16-14)10-15-13-5-6-13/h3,8-9,13,15H,1,4-7,10H2,2H3. The van der Waals surface area contributed by atoms with Gasteiger partial charge in [-0.2, -0.15) is 0 Å². The van der Waals surface area contributed by atoms with Crippen LogP contribution in [0.4, 0.5) is 0 Å². The van der Waals surface area contributed by atoms with Crippen LogP contribution in [-0.4, -0.2) is 17.6 Å². The number of ether oxygens (including phenoxy) is 1. The van der Waals surface area contributed by atoms with Crippen molar-refractivity contribution in [1.29, 1.82) is 0 Å². The number of hydrogen-bond acceptors (Lipinski definition) is 3. The topological polar surface area (TPSA) is 34.1 Å². The van der Waals surface area contributed by atoms with E-state index in [9.17, 15) is 0 Å². The summed E-state index contributed by atoms with van der Waals surface area (Å²) in [6.45, 7) is 7.17. The van der Waals surface area contributed by atoms with E-state index in [1.807, 2.05) is 6.07 Å². The van der Waals surface area contributed by atoms with Crippen molar-refractivity contribution in [3.8, 4) is 5.88 Å². The third-order valence-corrected chi connectivity index (χ3v) is 2.80. The molecule has 1 saturated carbocycles. The second-order valence-corrected chi connectivity index (χ2v) is 4.41. The fourth-order valence-electron chi connectivity index (χ4n) is 1.67. The minimum atomic E-state index is 0.510. The molecule has 0 amide bonds. The predicted molar refractivity (Wildman–Crippen MR) is 69.2 cm³/mol. The molecule has 3 nitrogen and oxygen atoms in total. The molecule has 0 atom stereocenters. The fourth-order valence-corrected chi connectivity index (χ4v) is 1.67. The van der Waals surface area contributed by atoms with Crippen molar-refractivity contribution in [3.05, 3.63) is 36.0 Å². The quantitative estimate of drug-likeness (QED) is 0.733. The Morgan fingerprint density at radius 2 is 2.35 bits per heavy atom. The van der Waals surface area contributed by atoms with E-state index in [1.165, 1.54) is 18.4 Å². The summed E-state index contributed by atoms with van der Waals surface area (Å²) >= 11 is 0. The van der Waals surface area contributed by atoms with Gasteiger partial charge in [0.15, 0.2) is 0 Å². The molecule has 0 aliphatic heterocycles. The second-order valence-electron chi connectivity index (χ2n) is 4.41. The molecule has 17 heavy (non-hydrogen) atoms. The van der Waals surface area contributed by atoms with Crippen LogP contribution in [0.3, 0.4) is 0 Å². The fraction of sp³-hybridized carbons (Fsp3) is 0.500. The maximum absolute atomic E-state index is 5.50. The highest BCUT2D eigenvalue weighted by Crippen LogP contribution is 2.20. The highest BCUT2D eigenvalue weighted by atomic mass is 16.5. The summed E-state index contributed by atoms with van der Waals surface area (Å²) in [5.41, 5.74) is 2.34. The van der Waals surface area contributed by atoms with Gasteiger partial charge >= 0.3 is 0 Å². The summed E-state index contributed by atoms with van der Waals surface area (Å²) in [7, 11) is 0. The Hall–Kier alpha value is -1.35. The second kappa shape index (κ2) is 5.82. The molecule has 1 aliphatic carbocycles. The van der Waals surface area contributed by atoms with E-state index >= 15 is 0 Å². The van der Waals surface area contributed by atoms with E-state index in [1.54, 1.807) is 6.08 Å². The number of pyridine rings is 1. The molecule has 2 rings (SSSR count). The van der Waals surface area contributed by atoms with Gasteiger partial charge in [0.1, 0.15) is 6.61 Å². The van der Waals surface area contributed by atoms with Crippen LogP contribution in [0.25, 0.3) is 0 Å². The molecule has 1 N–H and O–H groups in total. The Morgan fingerprint density at radius 3 is 3.00 bits per heavy atom. The Kier molecular flexibility index (Phi) is 4.15. The third kappa shape index (κ3) is 3.86. The molecule has 0 unspecified atom stereocenters. The van der Waals surface area contributed by atoms with E-state index in [-0.39, 0.29) is 0 Å². The largest absolute Gasteiger partial charge is 0.473 e. The van der Waals surface area contributed by atoms with E-state index in [2.05, 4.69) is 29.9 Å². The average Bonchev–Trinajstić information content (AvgIpc) is 3.17. The van der Waals surface area contributed by atoms with Crippen molar-refractivity contribution in [2.45, 2.75) is 38.8 Å². The molecule has 1 aromatic heterocycles. The number of nitrogens with one attached hydrogen (secondary N) is 1. The van der Waals surface area contributed by atoms with E-state index < -0.39 is 0 Å². The van der Waals surface area contributed by atoms with Crippen LogP contribution in [0.15, 0.2) is 24.8 Å². The molecule has 0 bridgehead atoms. The summed E-state index contributed by atoms with van der Waals surface area (Å²) in [5.74, 6) is 0.705. The average molecular weight is 232 g/mol. The van der Waals surface area contributed by atoms with Crippen molar-refractivity contribution in [2.24, 2.45) is 0 Å². The van der Waals surface area contributed by atoms with Crippen LogP contribution in [0.5, 0.6) is 5.88 Å². The molecular formula is C14H20N2O. The van der Waals surface area contributed by atoms with Gasteiger partial charge in [0.2, 0.25) is 5.88 Å². The van der Waals surface area contributed by atoms with Crippen molar-refractivity contribution in [1.82, 2.24) is 10.3 Å². The zero-order valence-corrected chi connectivity index (χ0v) is 10.4. The summed E-state index contributed by atoms with van der Waals surface area (Å²) in [6.07, 6.45) is 5.29. The van der Waals surface area contributed by atoms with Crippen LogP contribution < -0.4 is 10.1 Å². The predicted octanol–water partition coefficient (Wildman–Crippen LogP) is 2.46. The highest BCUT2D eigenvalue weighted by molar-refractivity contribution is 5.25. The van der Waals surface area contributed by atoms with Crippen LogP contribution in [0.2, 0.25) is 0 Å². The number of aryl methyl sites for hydroxylation is 1. The third-order valence-electron chi connectivity index (χ3n) is 2.80. The van der Waals surface area contributed by atoms with Gasteiger partial charge < -0.3 is 10.1 Å². The van der Waals surface area contributed by atoms with Crippen LogP contribution in [0.1, 0.15) is 31.0 Å². The van der Waals surface area contributed by atoms with E-state index in [0.717, 1.165) is 24.7 Å². The summed E-state index contributed by atoms with van der Waals surface area (Å²) < 4.78 is 5.50. The zero-order valence-electron chi connectivity index (χ0n) is 10.4. The Labute approximate surface area is 103 Å². The maximum Gasteiger partial charge on any atom is 0.214 e. The van der Waals surface area contributed by atoms with Gasteiger partial charge in [-0.3, -0.25) is 0 Å². The van der Waals surface area contributed by atoms with Crippen molar-refractivity contribution in [2.75, 3.05) is 6.61 Å². The van der Waals surface area contributed by atoms with E-state index in [0.29, 0.717) is 12.5 Å². The van der Waals surface area contributed by atoms with Gasteiger partial charge in [-0.25, -0.2) is 4.98 Å². The molecule has 0 spiro atoms. The molecule has 1 aliphatic rings. The van der Waals surface area contributed by atoms with Gasteiger partial charge in [0.25, 0.3) is 0 Å². The molecule has 3 heteroatoms. The van der Waals surface area contributed by atoms with Crippen LogP contribution in [-0.2, 0) is 13.0 Å². The van der Waals surface area contributed by atoms with Gasteiger partial charge in [0.05, 0.1) is 0 Å². The van der Waals surface area contributed by atoms with Crippen molar-refractivity contribution >= 4 is 0 Å². The molecule has 92 valence electrons. The lowest BCUT2D eigenvalue weighted by molar-refractivity contribution is 0.347. The van der Waals surface area contributed by atoms with Gasteiger partial charge in [-0.15, -0.1) is 0 Å². The Morgan fingerprint density at radius 1 is 1.53 bits per heavy atom. The lowest BCUT2D eigenvalue weighted by atomic mass is 10.2. The van der Waals surface area contributed by atoms with Gasteiger partial charge in [-0.1, -0.05) is 19.6 Å². The Balaban J connectivity index is 2.03.